The van der Waals surface area contributed by atoms with Gasteiger partial charge in [0.1, 0.15) is 17.9 Å². The molecule has 0 aromatic heterocycles. The number of hydrogen-bond donors (Lipinski definition) is 2. The smallest absolute Gasteiger partial charge is 0.318 e. The van der Waals surface area contributed by atoms with E-state index in [0.29, 0.717) is 12.2 Å². The molecule has 6 nitrogen and oxygen atoms in total. The fourth-order valence-corrected chi connectivity index (χ4v) is 5.19. The zero-order valence-corrected chi connectivity index (χ0v) is 19.4. The molecule has 172 valence electrons. The lowest BCUT2D eigenvalue weighted by Crippen LogP contribution is -2.43. The van der Waals surface area contributed by atoms with E-state index in [2.05, 4.69) is 55.0 Å². The number of carboxylic acids is 1. The summed E-state index contributed by atoms with van der Waals surface area (Å²) in [5.41, 5.74) is 3.90. The number of hydrogen-bond acceptors (Lipinski definition) is 4. The number of fused-ring (bicyclic) bond motifs is 1. The lowest BCUT2D eigenvalue weighted by molar-refractivity contribution is -0.135. The zero-order chi connectivity index (χ0) is 23.6. The highest BCUT2D eigenvalue weighted by Gasteiger charge is 2.37. The molecule has 2 N–H and O–H groups in total. The Morgan fingerprint density at radius 2 is 1.70 bits per heavy atom. The van der Waals surface area contributed by atoms with Crippen LogP contribution in [0.15, 0.2) is 77.7 Å². The fourth-order valence-electron chi connectivity index (χ4n) is 4.17. The average molecular weight is 466 g/mol. The van der Waals surface area contributed by atoms with Gasteiger partial charge < -0.3 is 9.84 Å². The molecule has 0 bridgehead atoms. The second kappa shape index (κ2) is 9.00. The number of sulfonamides is 1. The molecule has 4 rings (SSSR count). The lowest BCUT2D eigenvalue weighted by atomic mass is 9.78. The first-order valence-electron chi connectivity index (χ1n) is 10.8. The van der Waals surface area contributed by atoms with Crippen LogP contribution < -0.4 is 9.46 Å². The summed E-state index contributed by atoms with van der Waals surface area (Å²) in [6.45, 7) is 3.45. The van der Waals surface area contributed by atoms with Crippen LogP contribution in [0.1, 0.15) is 25.0 Å². The summed E-state index contributed by atoms with van der Waals surface area (Å²) in [6, 6.07) is 23.4. The standard InChI is InChI=1S/C26H27NO5S/c1-26(2)22(14-18-8-10-20(11-9-18)19-6-4-3-5-7-19)15-21-16-23(12-13-24(21)32-26)33(30,31)27-17-25(28)29/h3-13,16,22,27H,14-15,17H2,1-2H3,(H,28,29). The van der Waals surface area contributed by atoms with Crippen LogP contribution in [0.4, 0.5) is 0 Å². The van der Waals surface area contributed by atoms with Crippen LogP contribution in [0.2, 0.25) is 0 Å². The van der Waals surface area contributed by atoms with Crippen molar-refractivity contribution < 1.29 is 23.1 Å². The topological polar surface area (TPSA) is 92.7 Å². The third-order valence-electron chi connectivity index (χ3n) is 6.12. The SMILES string of the molecule is CC1(C)Oc2ccc(S(=O)(=O)NCC(=O)O)cc2CC1Cc1ccc(-c2ccccc2)cc1. The van der Waals surface area contributed by atoms with Crippen molar-refractivity contribution >= 4 is 16.0 Å². The number of nitrogens with one attached hydrogen (secondary N) is 1. The number of benzene rings is 3. The quantitative estimate of drug-likeness (QED) is 0.543. The first-order chi connectivity index (χ1) is 15.6. The van der Waals surface area contributed by atoms with Gasteiger partial charge >= 0.3 is 5.97 Å². The highest BCUT2D eigenvalue weighted by atomic mass is 32.2. The third-order valence-corrected chi connectivity index (χ3v) is 7.52. The van der Waals surface area contributed by atoms with Gasteiger partial charge in [0, 0.05) is 5.92 Å². The molecule has 0 saturated carbocycles. The Labute approximate surface area is 194 Å². The Morgan fingerprint density at radius 3 is 2.36 bits per heavy atom. The highest BCUT2D eigenvalue weighted by Crippen LogP contribution is 2.39. The van der Waals surface area contributed by atoms with E-state index in [1.54, 1.807) is 12.1 Å². The van der Waals surface area contributed by atoms with Gasteiger partial charge in [-0.1, -0.05) is 54.6 Å². The maximum Gasteiger partial charge on any atom is 0.318 e. The van der Waals surface area contributed by atoms with Crippen LogP contribution in [0.25, 0.3) is 11.1 Å². The average Bonchev–Trinajstić information content (AvgIpc) is 2.79. The first-order valence-corrected chi connectivity index (χ1v) is 12.3. The molecular formula is C26H27NO5S. The van der Waals surface area contributed by atoms with E-state index in [1.165, 1.54) is 17.2 Å². The summed E-state index contributed by atoms with van der Waals surface area (Å²) in [5, 5.41) is 8.78. The van der Waals surface area contributed by atoms with Crippen molar-refractivity contribution in [2.75, 3.05) is 6.54 Å². The number of aliphatic carboxylic acids is 1. The minimum atomic E-state index is -3.91. The van der Waals surface area contributed by atoms with Gasteiger partial charge in [-0.15, -0.1) is 0 Å². The number of carbonyl (C=O) groups is 1. The van der Waals surface area contributed by atoms with Gasteiger partial charge in [-0.2, -0.15) is 4.72 Å². The number of ether oxygens (including phenoxy) is 1. The zero-order valence-electron chi connectivity index (χ0n) is 18.6. The van der Waals surface area contributed by atoms with Gasteiger partial charge in [-0.05, 0) is 67.1 Å². The maximum absolute atomic E-state index is 12.5. The normalized spacial score (nSPS) is 17.1. The molecule has 1 atom stereocenters. The van der Waals surface area contributed by atoms with Crippen LogP contribution in [0, 0.1) is 5.92 Å². The molecule has 3 aromatic rings. The van der Waals surface area contributed by atoms with Crippen molar-refractivity contribution in [2.24, 2.45) is 5.92 Å². The molecule has 1 aliphatic heterocycles. The van der Waals surface area contributed by atoms with E-state index in [4.69, 9.17) is 9.84 Å². The van der Waals surface area contributed by atoms with Crippen LogP contribution in [-0.4, -0.2) is 31.6 Å². The highest BCUT2D eigenvalue weighted by molar-refractivity contribution is 7.89. The van der Waals surface area contributed by atoms with Crippen molar-refractivity contribution in [3.63, 3.8) is 0 Å². The van der Waals surface area contributed by atoms with Crippen molar-refractivity contribution in [3.8, 4) is 16.9 Å². The first kappa shape index (κ1) is 23.0. The second-order valence-corrected chi connectivity index (χ2v) is 10.6. The van der Waals surface area contributed by atoms with E-state index >= 15 is 0 Å². The Bertz CT molecular complexity index is 1250. The van der Waals surface area contributed by atoms with E-state index in [1.807, 2.05) is 18.2 Å². The Kier molecular flexibility index (Phi) is 6.28. The van der Waals surface area contributed by atoms with Gasteiger partial charge in [0.15, 0.2) is 0 Å². The molecule has 1 unspecified atom stereocenters. The van der Waals surface area contributed by atoms with Gasteiger partial charge in [0.2, 0.25) is 10.0 Å². The molecule has 0 amide bonds. The molecule has 0 saturated heterocycles. The summed E-state index contributed by atoms with van der Waals surface area (Å²) < 4.78 is 33.3. The molecule has 0 radical (unpaired) electrons. The van der Waals surface area contributed by atoms with Crippen molar-refractivity contribution in [2.45, 2.75) is 37.2 Å². The fraction of sp³-hybridized carbons (Fsp3) is 0.269. The monoisotopic (exact) mass is 465 g/mol. The van der Waals surface area contributed by atoms with Gasteiger partial charge in [0.05, 0.1) is 4.90 Å². The Morgan fingerprint density at radius 1 is 1.03 bits per heavy atom. The minimum Gasteiger partial charge on any atom is -0.487 e. The number of carboxylic acid groups (broad SMARTS) is 1. The van der Waals surface area contributed by atoms with Crippen LogP contribution >= 0.6 is 0 Å². The summed E-state index contributed by atoms with van der Waals surface area (Å²) in [4.78, 5) is 10.8. The summed E-state index contributed by atoms with van der Waals surface area (Å²) in [6.07, 6.45) is 1.45. The summed E-state index contributed by atoms with van der Waals surface area (Å²) in [5.74, 6) is -0.440. The van der Waals surface area contributed by atoms with Crippen LogP contribution in [-0.2, 0) is 27.7 Å². The van der Waals surface area contributed by atoms with E-state index in [-0.39, 0.29) is 10.8 Å². The van der Waals surface area contributed by atoms with Crippen LogP contribution in [0.5, 0.6) is 5.75 Å². The van der Waals surface area contributed by atoms with Crippen molar-refractivity contribution in [1.82, 2.24) is 4.72 Å². The summed E-state index contributed by atoms with van der Waals surface area (Å²) >= 11 is 0. The molecule has 7 heteroatoms. The van der Waals surface area contributed by atoms with E-state index < -0.39 is 28.1 Å². The van der Waals surface area contributed by atoms with Gasteiger partial charge in [-0.25, -0.2) is 8.42 Å². The molecule has 3 aromatic carbocycles. The largest absolute Gasteiger partial charge is 0.487 e. The van der Waals surface area contributed by atoms with Gasteiger partial charge in [-0.3, -0.25) is 4.79 Å². The van der Waals surface area contributed by atoms with Gasteiger partial charge in [0.25, 0.3) is 0 Å². The second-order valence-electron chi connectivity index (χ2n) is 8.86. The molecule has 1 aliphatic rings. The molecule has 0 fully saturated rings. The predicted octanol–water partition coefficient (Wildman–Crippen LogP) is 4.29. The van der Waals surface area contributed by atoms with Crippen molar-refractivity contribution in [3.05, 3.63) is 83.9 Å². The Hall–Kier alpha value is -3.16. The summed E-state index contributed by atoms with van der Waals surface area (Å²) in [7, 11) is -3.91. The molecule has 1 heterocycles. The number of rotatable bonds is 7. The Balaban J connectivity index is 1.54. The molecular weight excluding hydrogens is 438 g/mol. The maximum atomic E-state index is 12.5. The van der Waals surface area contributed by atoms with E-state index in [9.17, 15) is 13.2 Å². The lowest BCUT2D eigenvalue weighted by Gasteiger charge is -2.40. The third kappa shape index (κ3) is 5.26. The predicted molar refractivity (Wildman–Crippen MR) is 127 cm³/mol. The van der Waals surface area contributed by atoms with Crippen LogP contribution in [0.3, 0.4) is 0 Å². The molecule has 33 heavy (non-hydrogen) atoms. The van der Waals surface area contributed by atoms with E-state index in [0.717, 1.165) is 17.5 Å². The molecule has 0 aliphatic carbocycles. The molecule has 0 spiro atoms. The minimum absolute atomic E-state index is 0.0387. The van der Waals surface area contributed by atoms with Crippen molar-refractivity contribution in [1.29, 1.82) is 0 Å².